The van der Waals surface area contributed by atoms with E-state index in [9.17, 15) is 8.78 Å². The van der Waals surface area contributed by atoms with Crippen molar-refractivity contribution in [2.24, 2.45) is 17.8 Å². The molecule has 2 fully saturated rings. The first kappa shape index (κ1) is 28.0. The van der Waals surface area contributed by atoms with Crippen molar-refractivity contribution in [1.29, 1.82) is 0 Å². The zero-order valence-electron chi connectivity index (χ0n) is 19.1. The van der Waals surface area contributed by atoms with E-state index < -0.39 is 6.43 Å². The Hall–Kier alpha value is -0.220. The van der Waals surface area contributed by atoms with E-state index in [1.807, 2.05) is 32.6 Å². The topological polar surface area (TPSA) is 12.5 Å². The molecular weight excluding hydrogens is 332 g/mol. The maximum Gasteiger partial charge on any atom is 0.251 e. The smallest absolute Gasteiger partial charge is 0.251 e. The summed E-state index contributed by atoms with van der Waals surface area (Å²) in [5.41, 5.74) is 0.159. The fraction of sp³-hybridized carbons (Fsp3) is 1.00. The maximum atomic E-state index is 12.0. The van der Waals surface area contributed by atoms with Crippen molar-refractivity contribution in [3.05, 3.63) is 0 Å². The summed E-state index contributed by atoms with van der Waals surface area (Å²) < 4.78 is 29.6. The van der Waals surface area contributed by atoms with E-state index >= 15 is 0 Å². The number of hydrogen-bond donors (Lipinski definition) is 0. The molecule has 0 saturated carbocycles. The van der Waals surface area contributed by atoms with Crippen LogP contribution in [0.2, 0.25) is 0 Å². The minimum Gasteiger partial charge on any atom is -0.375 e. The average Bonchev–Trinajstić information content (AvgIpc) is 2.62. The second kappa shape index (κ2) is 15.8. The van der Waals surface area contributed by atoms with E-state index in [2.05, 4.69) is 34.6 Å². The van der Waals surface area contributed by atoms with Crippen molar-refractivity contribution >= 4 is 0 Å². The van der Waals surface area contributed by atoms with E-state index in [-0.39, 0.29) is 12.1 Å². The summed E-state index contributed by atoms with van der Waals surface area (Å²) in [5.74, 6) is 2.22. The van der Waals surface area contributed by atoms with Crippen molar-refractivity contribution < 1.29 is 13.5 Å². The van der Waals surface area contributed by atoms with Crippen molar-refractivity contribution in [2.45, 2.75) is 100 Å². The lowest BCUT2D eigenvalue weighted by Gasteiger charge is -2.33. The molecule has 2 heterocycles. The molecule has 0 radical (unpaired) electrons. The van der Waals surface area contributed by atoms with Crippen molar-refractivity contribution in [2.75, 3.05) is 26.2 Å². The number of likely N-dealkylation sites (tertiary alicyclic amines) is 1. The van der Waals surface area contributed by atoms with E-state index in [0.717, 1.165) is 44.4 Å². The number of halogens is 2. The summed E-state index contributed by atoms with van der Waals surface area (Å²) in [6.45, 7) is 21.6. The van der Waals surface area contributed by atoms with Crippen LogP contribution in [0.5, 0.6) is 0 Å². The van der Waals surface area contributed by atoms with Crippen LogP contribution in [0.1, 0.15) is 88.0 Å². The summed E-state index contributed by atoms with van der Waals surface area (Å²) in [4.78, 5) is 1.88. The molecule has 1 atom stereocenters. The molecule has 0 aliphatic carbocycles. The van der Waals surface area contributed by atoms with Crippen LogP contribution in [0.3, 0.4) is 0 Å². The fourth-order valence-electron chi connectivity index (χ4n) is 3.11. The monoisotopic (exact) mass is 379 g/mol. The van der Waals surface area contributed by atoms with Gasteiger partial charge in [-0.3, -0.25) is 4.90 Å². The highest BCUT2D eigenvalue weighted by Gasteiger charge is 2.25. The second-order valence-corrected chi connectivity index (χ2v) is 7.99. The van der Waals surface area contributed by atoms with E-state index in [1.165, 1.54) is 12.8 Å². The number of rotatable bonds is 3. The van der Waals surface area contributed by atoms with Gasteiger partial charge in [0.15, 0.2) is 0 Å². The standard InChI is InChI=1S/C10H19F2N.C8H16O.2C2H6/c1-8(2)9-3-5-13(6-4-9)7-10(11)12;1-7-4-5-8(2,3)9-6-7;2*1-2/h8-10H,3-7H2,1-2H3;7H,4-6H2,1-3H3;2*1-2H3. The zero-order valence-corrected chi connectivity index (χ0v) is 19.1. The molecule has 0 bridgehead atoms. The largest absolute Gasteiger partial charge is 0.375 e. The van der Waals surface area contributed by atoms with Gasteiger partial charge in [0, 0.05) is 6.61 Å². The number of hydrogen-bond acceptors (Lipinski definition) is 2. The lowest BCUT2D eigenvalue weighted by molar-refractivity contribution is -0.0727. The number of piperidine rings is 1. The van der Waals surface area contributed by atoms with Crippen LogP contribution in [0.25, 0.3) is 0 Å². The van der Waals surface area contributed by atoms with Gasteiger partial charge >= 0.3 is 0 Å². The minimum atomic E-state index is -2.17. The fourth-order valence-corrected chi connectivity index (χ4v) is 3.11. The normalized spacial score (nSPS) is 23.2. The molecule has 0 amide bonds. The Bertz CT molecular complexity index is 291. The van der Waals surface area contributed by atoms with Gasteiger partial charge in [0.25, 0.3) is 6.43 Å². The van der Waals surface area contributed by atoms with E-state index in [0.29, 0.717) is 5.92 Å². The quantitative estimate of drug-likeness (QED) is 0.530. The summed E-state index contributed by atoms with van der Waals surface area (Å²) in [5, 5.41) is 0. The lowest BCUT2D eigenvalue weighted by atomic mass is 9.87. The van der Waals surface area contributed by atoms with Gasteiger partial charge in [-0.25, -0.2) is 8.78 Å². The molecule has 0 aromatic heterocycles. The Morgan fingerprint density at radius 2 is 1.50 bits per heavy atom. The summed E-state index contributed by atoms with van der Waals surface area (Å²) >= 11 is 0. The molecule has 160 valence electrons. The predicted octanol–water partition coefficient (Wildman–Crippen LogP) is 6.88. The van der Waals surface area contributed by atoms with Crippen LogP contribution in [0.4, 0.5) is 8.78 Å². The molecule has 2 aliphatic rings. The third kappa shape index (κ3) is 13.9. The third-order valence-electron chi connectivity index (χ3n) is 4.97. The van der Waals surface area contributed by atoms with Gasteiger partial charge in [-0.05, 0) is 70.4 Å². The first-order valence-corrected chi connectivity index (χ1v) is 10.8. The lowest BCUT2D eigenvalue weighted by Crippen LogP contribution is -2.37. The number of ether oxygens (including phenoxy) is 1. The van der Waals surface area contributed by atoms with Crippen LogP contribution in [0.15, 0.2) is 0 Å². The average molecular weight is 380 g/mol. The zero-order chi connectivity index (χ0) is 20.8. The van der Waals surface area contributed by atoms with Gasteiger partial charge in [-0.2, -0.15) is 0 Å². The molecule has 4 heteroatoms. The van der Waals surface area contributed by atoms with Crippen molar-refractivity contribution in [1.82, 2.24) is 4.90 Å². The van der Waals surface area contributed by atoms with Gasteiger partial charge in [0.05, 0.1) is 12.1 Å². The highest BCUT2D eigenvalue weighted by molar-refractivity contribution is 4.75. The van der Waals surface area contributed by atoms with Crippen LogP contribution in [0, 0.1) is 17.8 Å². The van der Waals surface area contributed by atoms with Crippen molar-refractivity contribution in [3.8, 4) is 0 Å². The maximum absolute atomic E-state index is 12.0. The molecule has 1 unspecified atom stereocenters. The highest BCUT2D eigenvalue weighted by Crippen LogP contribution is 2.26. The van der Waals surface area contributed by atoms with E-state index in [4.69, 9.17) is 4.74 Å². The molecular formula is C22H47F2NO. The molecule has 0 N–H and O–H groups in total. The number of nitrogens with zero attached hydrogens (tertiary/aromatic N) is 1. The Morgan fingerprint density at radius 3 is 1.81 bits per heavy atom. The molecule has 0 spiro atoms. The van der Waals surface area contributed by atoms with Gasteiger partial charge in [-0.1, -0.05) is 48.5 Å². The van der Waals surface area contributed by atoms with Crippen LogP contribution in [-0.2, 0) is 4.74 Å². The second-order valence-electron chi connectivity index (χ2n) is 7.99. The molecule has 0 aromatic carbocycles. The summed E-state index contributed by atoms with van der Waals surface area (Å²) in [6, 6.07) is 0. The SMILES string of the molecule is CC.CC.CC(C)C1CCN(CC(F)F)CC1.CC1CCC(C)(C)OC1. The van der Waals surface area contributed by atoms with Gasteiger partial charge in [0.2, 0.25) is 0 Å². The van der Waals surface area contributed by atoms with Crippen LogP contribution in [-0.4, -0.2) is 43.2 Å². The molecule has 0 aromatic rings. The molecule has 2 nitrogen and oxygen atoms in total. The van der Waals surface area contributed by atoms with E-state index in [1.54, 1.807) is 0 Å². The van der Waals surface area contributed by atoms with Crippen LogP contribution < -0.4 is 0 Å². The summed E-state index contributed by atoms with van der Waals surface area (Å²) in [6.07, 6.45) is 2.55. The Balaban J connectivity index is 0. The Labute approximate surface area is 163 Å². The van der Waals surface area contributed by atoms with Crippen molar-refractivity contribution in [3.63, 3.8) is 0 Å². The third-order valence-corrected chi connectivity index (χ3v) is 4.97. The first-order chi connectivity index (χ1) is 12.2. The highest BCUT2D eigenvalue weighted by atomic mass is 19.3. The molecule has 2 aliphatic heterocycles. The Morgan fingerprint density at radius 1 is 1.00 bits per heavy atom. The van der Waals surface area contributed by atoms with Crippen LogP contribution >= 0.6 is 0 Å². The first-order valence-electron chi connectivity index (χ1n) is 10.8. The van der Waals surface area contributed by atoms with Gasteiger partial charge in [0.1, 0.15) is 0 Å². The van der Waals surface area contributed by atoms with Gasteiger partial charge in [-0.15, -0.1) is 0 Å². The number of alkyl halides is 2. The molecule has 26 heavy (non-hydrogen) atoms. The van der Waals surface area contributed by atoms with Gasteiger partial charge < -0.3 is 4.74 Å². The summed E-state index contributed by atoms with van der Waals surface area (Å²) in [7, 11) is 0. The molecule has 2 rings (SSSR count). The Kier molecular flexibility index (Phi) is 17.0. The minimum absolute atomic E-state index is 0.0369. The predicted molar refractivity (Wildman–Crippen MR) is 111 cm³/mol. The molecule has 2 saturated heterocycles.